The maximum atomic E-state index is 12.5. The van der Waals surface area contributed by atoms with E-state index in [-0.39, 0.29) is 10.0 Å². The molecule has 0 fully saturated rings. The number of hydrogen-bond acceptors (Lipinski definition) is 4. The molecule has 0 amide bonds. The van der Waals surface area contributed by atoms with Crippen molar-refractivity contribution in [3.05, 3.63) is 46.5 Å². The molecule has 1 aromatic carbocycles. The van der Waals surface area contributed by atoms with E-state index in [1.165, 1.54) is 31.2 Å². The summed E-state index contributed by atoms with van der Waals surface area (Å²) < 4.78 is 63.0. The van der Waals surface area contributed by atoms with Crippen molar-refractivity contribution in [2.45, 2.75) is 30.5 Å². The molecule has 5 nitrogen and oxygen atoms in total. The van der Waals surface area contributed by atoms with Gasteiger partial charge < -0.3 is 4.57 Å². The summed E-state index contributed by atoms with van der Waals surface area (Å²) in [4.78, 5) is 15.8. The fourth-order valence-corrected chi connectivity index (χ4v) is 3.93. The number of carbonyl (C=O) groups is 1. The van der Waals surface area contributed by atoms with E-state index in [9.17, 15) is 26.4 Å². The number of benzene rings is 1. The molecule has 0 N–H and O–H groups in total. The van der Waals surface area contributed by atoms with Crippen molar-refractivity contribution in [3.8, 4) is 0 Å². The Morgan fingerprint density at radius 3 is 2.35 bits per heavy atom. The molecule has 2 aromatic rings. The molecule has 1 heterocycles. The third-order valence-corrected chi connectivity index (χ3v) is 5.75. The third kappa shape index (κ3) is 4.99. The van der Waals surface area contributed by atoms with Crippen LogP contribution in [0.1, 0.15) is 29.9 Å². The summed E-state index contributed by atoms with van der Waals surface area (Å²) in [5.41, 5.74) is -0.391. The molecule has 0 spiro atoms. The van der Waals surface area contributed by atoms with Crippen LogP contribution in [0.2, 0.25) is 10.2 Å². The minimum absolute atomic E-state index is 0.115. The predicted molar refractivity (Wildman–Crippen MR) is 90.5 cm³/mol. The molecule has 0 radical (unpaired) electrons. The lowest BCUT2D eigenvalue weighted by atomic mass is 10.2. The zero-order valence-corrected chi connectivity index (χ0v) is 15.6. The smallest absolute Gasteiger partial charge is 0.318 e. The number of rotatable bonds is 6. The fraction of sp³-hybridized carbons (Fsp3) is 0.333. The van der Waals surface area contributed by atoms with Gasteiger partial charge in [0.25, 0.3) is 0 Å². The number of alkyl halides is 3. The van der Waals surface area contributed by atoms with Gasteiger partial charge in [-0.15, -0.1) is 0 Å². The summed E-state index contributed by atoms with van der Waals surface area (Å²) in [6.45, 7) is 1.26. The van der Waals surface area contributed by atoms with Crippen molar-refractivity contribution in [1.29, 1.82) is 0 Å². The first-order valence-electron chi connectivity index (χ1n) is 7.21. The van der Waals surface area contributed by atoms with Gasteiger partial charge in [-0.3, -0.25) is 4.79 Å². The highest BCUT2D eigenvalue weighted by molar-refractivity contribution is 7.92. The van der Waals surface area contributed by atoms with Gasteiger partial charge in [0.2, 0.25) is 0 Å². The van der Waals surface area contributed by atoms with Crippen LogP contribution in [0, 0.1) is 0 Å². The maximum absolute atomic E-state index is 12.5. The van der Waals surface area contributed by atoms with E-state index in [4.69, 9.17) is 23.2 Å². The molecule has 0 aliphatic heterocycles. The molecular formula is C15H13Cl2F3N2O3S. The molecule has 0 aliphatic rings. The first-order valence-corrected chi connectivity index (χ1v) is 9.62. The van der Waals surface area contributed by atoms with Crippen LogP contribution in [0.15, 0.2) is 35.5 Å². The highest BCUT2D eigenvalue weighted by Crippen LogP contribution is 2.30. The Morgan fingerprint density at radius 2 is 1.81 bits per heavy atom. The molecule has 1 atom stereocenters. The van der Waals surface area contributed by atoms with Crippen molar-refractivity contribution < 1.29 is 26.4 Å². The standard InChI is InChI=1S/C15H13Cl2F3N2O3S/c1-9(6-15(18,19)20)22-8-21-13(14(22)17)12(23)7-26(24,25)11-4-2-10(16)3-5-11/h2-5,8-9H,6-7H2,1H3. The minimum Gasteiger partial charge on any atom is -0.318 e. The molecule has 1 aromatic heterocycles. The SMILES string of the molecule is CC(CC(F)(F)F)n1cnc(C(=O)CS(=O)(=O)c2ccc(Cl)cc2)c1Cl. The summed E-state index contributed by atoms with van der Waals surface area (Å²) in [6.07, 6.45) is -4.60. The monoisotopic (exact) mass is 428 g/mol. The molecule has 142 valence electrons. The van der Waals surface area contributed by atoms with E-state index in [1.807, 2.05) is 0 Å². The minimum atomic E-state index is -4.42. The summed E-state index contributed by atoms with van der Waals surface area (Å²) >= 11 is 11.6. The number of imidazole rings is 1. The molecule has 11 heteroatoms. The van der Waals surface area contributed by atoms with E-state index in [0.29, 0.717) is 5.02 Å². The van der Waals surface area contributed by atoms with Crippen LogP contribution in [0.5, 0.6) is 0 Å². The van der Waals surface area contributed by atoms with Crippen molar-refractivity contribution >= 4 is 38.8 Å². The lowest BCUT2D eigenvalue weighted by Gasteiger charge is -2.16. The summed E-state index contributed by atoms with van der Waals surface area (Å²) in [6, 6.07) is 4.12. The van der Waals surface area contributed by atoms with Crippen LogP contribution in [0.3, 0.4) is 0 Å². The normalized spacial score (nSPS) is 13.6. The highest BCUT2D eigenvalue weighted by Gasteiger charge is 2.32. The van der Waals surface area contributed by atoms with Crippen LogP contribution in [-0.4, -0.2) is 35.7 Å². The van der Waals surface area contributed by atoms with Gasteiger partial charge in [0.05, 0.1) is 17.6 Å². The average Bonchev–Trinajstić information content (AvgIpc) is 2.87. The van der Waals surface area contributed by atoms with Crippen LogP contribution in [0.25, 0.3) is 0 Å². The van der Waals surface area contributed by atoms with Crippen LogP contribution in [0.4, 0.5) is 13.2 Å². The van der Waals surface area contributed by atoms with Gasteiger partial charge in [-0.2, -0.15) is 13.2 Å². The van der Waals surface area contributed by atoms with Gasteiger partial charge in [-0.1, -0.05) is 23.2 Å². The second-order valence-electron chi connectivity index (χ2n) is 5.60. The van der Waals surface area contributed by atoms with Gasteiger partial charge in [0, 0.05) is 11.1 Å². The summed E-state index contributed by atoms with van der Waals surface area (Å²) in [7, 11) is -3.98. The molecule has 2 rings (SSSR count). The Bertz CT molecular complexity index is 909. The van der Waals surface area contributed by atoms with Gasteiger partial charge in [0.15, 0.2) is 15.6 Å². The number of aromatic nitrogens is 2. The van der Waals surface area contributed by atoms with E-state index >= 15 is 0 Å². The summed E-state index contributed by atoms with van der Waals surface area (Å²) in [5.74, 6) is -1.83. The van der Waals surface area contributed by atoms with Gasteiger partial charge in [-0.05, 0) is 31.2 Å². The van der Waals surface area contributed by atoms with E-state index < -0.39 is 45.7 Å². The zero-order chi connectivity index (χ0) is 19.7. The van der Waals surface area contributed by atoms with Crippen molar-refractivity contribution in [2.24, 2.45) is 0 Å². The highest BCUT2D eigenvalue weighted by atomic mass is 35.5. The van der Waals surface area contributed by atoms with E-state index in [1.54, 1.807) is 0 Å². The Morgan fingerprint density at radius 1 is 1.23 bits per heavy atom. The lowest BCUT2D eigenvalue weighted by molar-refractivity contribution is -0.141. The van der Waals surface area contributed by atoms with Crippen molar-refractivity contribution in [1.82, 2.24) is 9.55 Å². The topological polar surface area (TPSA) is 69.0 Å². The Labute approximate surface area is 157 Å². The van der Waals surface area contributed by atoms with Crippen LogP contribution >= 0.6 is 23.2 Å². The molecule has 1 unspecified atom stereocenters. The Kier molecular flexibility index (Phi) is 6.04. The van der Waals surface area contributed by atoms with Gasteiger partial charge in [-0.25, -0.2) is 13.4 Å². The van der Waals surface area contributed by atoms with Crippen LogP contribution in [-0.2, 0) is 9.84 Å². The quantitative estimate of drug-likeness (QED) is 0.640. The molecular weight excluding hydrogens is 416 g/mol. The molecule has 0 saturated heterocycles. The first kappa shape index (κ1) is 20.7. The molecule has 0 aliphatic carbocycles. The number of Topliss-reactive ketones (excluding diaryl/α,β-unsaturated/α-hetero) is 1. The Hall–Kier alpha value is -1.58. The maximum Gasteiger partial charge on any atom is 0.391 e. The number of hydrogen-bond donors (Lipinski definition) is 0. The molecule has 0 bridgehead atoms. The van der Waals surface area contributed by atoms with E-state index in [0.717, 1.165) is 10.9 Å². The lowest BCUT2D eigenvalue weighted by Crippen LogP contribution is -2.18. The molecule has 26 heavy (non-hydrogen) atoms. The second-order valence-corrected chi connectivity index (χ2v) is 8.38. The molecule has 0 saturated carbocycles. The van der Waals surface area contributed by atoms with Gasteiger partial charge >= 0.3 is 6.18 Å². The van der Waals surface area contributed by atoms with Crippen molar-refractivity contribution in [3.63, 3.8) is 0 Å². The average molecular weight is 429 g/mol. The van der Waals surface area contributed by atoms with Crippen molar-refractivity contribution in [2.75, 3.05) is 5.75 Å². The number of nitrogens with zero attached hydrogens (tertiary/aromatic N) is 2. The third-order valence-electron chi connectivity index (χ3n) is 3.49. The number of carbonyl (C=O) groups excluding carboxylic acids is 1. The largest absolute Gasteiger partial charge is 0.391 e. The Balaban J connectivity index is 2.21. The van der Waals surface area contributed by atoms with Gasteiger partial charge in [0.1, 0.15) is 16.6 Å². The second kappa shape index (κ2) is 7.58. The fourth-order valence-electron chi connectivity index (χ4n) is 2.24. The summed E-state index contributed by atoms with van der Waals surface area (Å²) in [5, 5.41) is -0.00577. The number of sulfone groups is 1. The van der Waals surface area contributed by atoms with Crippen LogP contribution < -0.4 is 0 Å². The first-order chi connectivity index (χ1) is 11.9. The number of ketones is 1. The zero-order valence-electron chi connectivity index (χ0n) is 13.3. The number of halogens is 5. The van der Waals surface area contributed by atoms with E-state index in [2.05, 4.69) is 4.98 Å². The predicted octanol–water partition coefficient (Wildman–Crippen LogP) is 4.36.